The summed E-state index contributed by atoms with van der Waals surface area (Å²) < 4.78 is 0. The summed E-state index contributed by atoms with van der Waals surface area (Å²) in [7, 11) is 1.99. The summed E-state index contributed by atoms with van der Waals surface area (Å²) in [6, 6.07) is 8.84. The third kappa shape index (κ3) is 2.73. The molecule has 1 aromatic rings. The van der Waals surface area contributed by atoms with Crippen molar-refractivity contribution < 1.29 is 4.79 Å². The van der Waals surface area contributed by atoms with Crippen LogP contribution in [0, 0.1) is 0 Å². The van der Waals surface area contributed by atoms with Crippen molar-refractivity contribution >= 4 is 5.91 Å². The second kappa shape index (κ2) is 5.96. The van der Waals surface area contributed by atoms with Crippen LogP contribution in [-0.4, -0.2) is 29.9 Å². The van der Waals surface area contributed by atoms with Crippen LogP contribution < -0.4 is 5.32 Å². The van der Waals surface area contributed by atoms with Crippen molar-refractivity contribution in [3.8, 4) is 0 Å². The van der Waals surface area contributed by atoms with E-state index >= 15 is 0 Å². The van der Waals surface area contributed by atoms with Gasteiger partial charge in [-0.1, -0.05) is 43.5 Å². The lowest BCUT2D eigenvalue weighted by atomic mass is 9.92. The van der Waals surface area contributed by atoms with E-state index in [0.29, 0.717) is 6.04 Å². The molecule has 0 radical (unpaired) electrons. The van der Waals surface area contributed by atoms with Crippen LogP contribution in [0.5, 0.6) is 0 Å². The number of hydrogen-bond donors (Lipinski definition) is 1. The Labute approximate surface area is 121 Å². The molecule has 108 valence electrons. The SMILES string of the molecule is CN(C(=O)[C@@H]1Cc2ccccc2CN1)C1CCCCC1. The summed E-state index contributed by atoms with van der Waals surface area (Å²) in [5, 5.41) is 3.40. The Kier molecular flexibility index (Phi) is 4.06. The van der Waals surface area contributed by atoms with Crippen molar-refractivity contribution in [3.63, 3.8) is 0 Å². The fourth-order valence-electron chi connectivity index (χ4n) is 3.52. The quantitative estimate of drug-likeness (QED) is 0.897. The molecule has 0 unspecified atom stereocenters. The number of carbonyl (C=O) groups is 1. The number of nitrogens with one attached hydrogen (secondary N) is 1. The first-order chi connectivity index (χ1) is 9.75. The lowest BCUT2D eigenvalue weighted by Gasteiger charge is -2.35. The molecule has 1 heterocycles. The third-order valence-electron chi connectivity index (χ3n) is 4.85. The summed E-state index contributed by atoms with van der Waals surface area (Å²) >= 11 is 0. The molecular weight excluding hydrogens is 248 g/mol. The highest BCUT2D eigenvalue weighted by Gasteiger charge is 2.30. The smallest absolute Gasteiger partial charge is 0.240 e. The van der Waals surface area contributed by atoms with E-state index in [2.05, 4.69) is 29.6 Å². The van der Waals surface area contributed by atoms with Crippen LogP contribution in [0.25, 0.3) is 0 Å². The Bertz CT molecular complexity index is 480. The Hall–Kier alpha value is -1.35. The zero-order chi connectivity index (χ0) is 13.9. The van der Waals surface area contributed by atoms with E-state index < -0.39 is 0 Å². The molecule has 1 fully saturated rings. The van der Waals surface area contributed by atoms with Crippen LogP contribution in [0.15, 0.2) is 24.3 Å². The number of fused-ring (bicyclic) bond motifs is 1. The number of rotatable bonds is 2. The lowest BCUT2D eigenvalue weighted by molar-refractivity contribution is -0.135. The highest BCUT2D eigenvalue weighted by atomic mass is 16.2. The zero-order valence-electron chi connectivity index (χ0n) is 12.3. The molecule has 3 nitrogen and oxygen atoms in total. The van der Waals surface area contributed by atoms with Crippen molar-refractivity contribution in [2.24, 2.45) is 0 Å². The number of likely N-dealkylation sites (N-methyl/N-ethyl adjacent to an activating group) is 1. The molecule has 1 aromatic carbocycles. The Morgan fingerprint density at radius 1 is 1.15 bits per heavy atom. The Morgan fingerprint density at radius 2 is 1.85 bits per heavy atom. The van der Waals surface area contributed by atoms with Gasteiger partial charge in [0.05, 0.1) is 6.04 Å². The van der Waals surface area contributed by atoms with Crippen LogP contribution in [0.1, 0.15) is 43.2 Å². The zero-order valence-corrected chi connectivity index (χ0v) is 12.3. The molecule has 1 N–H and O–H groups in total. The van der Waals surface area contributed by atoms with E-state index in [1.54, 1.807) is 0 Å². The first kappa shape index (κ1) is 13.6. The molecule has 1 aliphatic heterocycles. The van der Waals surface area contributed by atoms with Crippen LogP contribution in [0.3, 0.4) is 0 Å². The van der Waals surface area contributed by atoms with Gasteiger partial charge in [-0.2, -0.15) is 0 Å². The van der Waals surface area contributed by atoms with Crippen molar-refractivity contribution in [2.75, 3.05) is 7.05 Å². The van der Waals surface area contributed by atoms with Crippen LogP contribution >= 0.6 is 0 Å². The first-order valence-electron chi connectivity index (χ1n) is 7.82. The fraction of sp³-hybridized carbons (Fsp3) is 0.588. The summed E-state index contributed by atoms with van der Waals surface area (Å²) in [6.45, 7) is 0.811. The monoisotopic (exact) mass is 272 g/mol. The van der Waals surface area contributed by atoms with Crippen molar-refractivity contribution in [1.29, 1.82) is 0 Å². The highest BCUT2D eigenvalue weighted by molar-refractivity contribution is 5.82. The normalized spacial score (nSPS) is 23.1. The summed E-state index contributed by atoms with van der Waals surface area (Å²) in [6.07, 6.45) is 7.03. The summed E-state index contributed by atoms with van der Waals surface area (Å²) in [5.41, 5.74) is 2.65. The van der Waals surface area contributed by atoms with Crippen LogP contribution in [-0.2, 0) is 17.8 Å². The largest absolute Gasteiger partial charge is 0.341 e. The van der Waals surface area contributed by atoms with Gasteiger partial charge in [-0.3, -0.25) is 4.79 Å². The molecule has 1 aliphatic carbocycles. The van der Waals surface area contributed by atoms with E-state index in [-0.39, 0.29) is 11.9 Å². The van der Waals surface area contributed by atoms with E-state index in [1.807, 2.05) is 11.9 Å². The number of hydrogen-bond acceptors (Lipinski definition) is 2. The van der Waals surface area contributed by atoms with Crippen molar-refractivity contribution in [3.05, 3.63) is 35.4 Å². The number of amides is 1. The molecule has 1 amide bonds. The standard InChI is InChI=1S/C17H24N2O/c1-19(15-9-3-2-4-10-15)17(20)16-11-13-7-5-6-8-14(13)12-18-16/h5-8,15-16,18H,2-4,9-12H2,1H3/t16-/m0/s1. The van der Waals surface area contributed by atoms with E-state index in [0.717, 1.165) is 13.0 Å². The second-order valence-electron chi connectivity index (χ2n) is 6.15. The van der Waals surface area contributed by atoms with E-state index in [4.69, 9.17) is 0 Å². The molecule has 0 aromatic heterocycles. The van der Waals surface area contributed by atoms with Gasteiger partial charge in [0.25, 0.3) is 0 Å². The minimum absolute atomic E-state index is 0.0446. The van der Waals surface area contributed by atoms with Crippen LogP contribution in [0.2, 0.25) is 0 Å². The molecule has 0 saturated heterocycles. The van der Waals surface area contributed by atoms with Gasteiger partial charge in [-0.05, 0) is 30.4 Å². The van der Waals surface area contributed by atoms with Crippen molar-refractivity contribution in [2.45, 2.75) is 57.2 Å². The topological polar surface area (TPSA) is 32.3 Å². The molecule has 3 heteroatoms. The number of benzene rings is 1. The fourth-order valence-corrected chi connectivity index (χ4v) is 3.52. The predicted octanol–water partition coefficient (Wildman–Crippen LogP) is 2.49. The van der Waals surface area contributed by atoms with Crippen LogP contribution in [0.4, 0.5) is 0 Å². The Balaban J connectivity index is 1.66. The minimum atomic E-state index is -0.0446. The molecule has 20 heavy (non-hydrogen) atoms. The summed E-state index contributed by atoms with van der Waals surface area (Å²) in [4.78, 5) is 14.7. The maximum atomic E-state index is 12.7. The van der Waals surface area contributed by atoms with Gasteiger partial charge in [-0.15, -0.1) is 0 Å². The number of carbonyl (C=O) groups excluding carboxylic acids is 1. The third-order valence-corrected chi connectivity index (χ3v) is 4.85. The van der Waals surface area contributed by atoms with Gasteiger partial charge >= 0.3 is 0 Å². The van der Waals surface area contributed by atoms with Gasteiger partial charge in [0.2, 0.25) is 5.91 Å². The number of nitrogens with zero attached hydrogens (tertiary/aromatic N) is 1. The Morgan fingerprint density at radius 3 is 2.60 bits per heavy atom. The van der Waals surface area contributed by atoms with E-state index in [9.17, 15) is 4.79 Å². The predicted molar refractivity (Wildman–Crippen MR) is 80.4 cm³/mol. The molecule has 3 rings (SSSR count). The van der Waals surface area contributed by atoms with Gasteiger partial charge in [0.15, 0.2) is 0 Å². The average Bonchev–Trinajstić information content (AvgIpc) is 2.54. The van der Waals surface area contributed by atoms with Crippen molar-refractivity contribution in [1.82, 2.24) is 10.2 Å². The van der Waals surface area contributed by atoms with Gasteiger partial charge in [0.1, 0.15) is 0 Å². The highest BCUT2D eigenvalue weighted by Crippen LogP contribution is 2.23. The molecular formula is C17H24N2O. The first-order valence-corrected chi connectivity index (χ1v) is 7.82. The minimum Gasteiger partial charge on any atom is -0.341 e. The molecule has 0 bridgehead atoms. The van der Waals surface area contributed by atoms with Gasteiger partial charge in [0, 0.05) is 19.6 Å². The molecule has 0 spiro atoms. The summed E-state index contributed by atoms with van der Waals surface area (Å²) in [5.74, 6) is 0.270. The molecule has 2 aliphatic rings. The molecule has 1 atom stereocenters. The van der Waals surface area contributed by atoms with Gasteiger partial charge in [-0.25, -0.2) is 0 Å². The maximum Gasteiger partial charge on any atom is 0.240 e. The average molecular weight is 272 g/mol. The molecule has 1 saturated carbocycles. The van der Waals surface area contributed by atoms with E-state index in [1.165, 1.54) is 43.2 Å². The second-order valence-corrected chi connectivity index (χ2v) is 6.15. The lowest BCUT2D eigenvalue weighted by Crippen LogP contribution is -2.51. The maximum absolute atomic E-state index is 12.7. The van der Waals surface area contributed by atoms with Gasteiger partial charge < -0.3 is 10.2 Å².